The Morgan fingerprint density at radius 1 is 1.21 bits per heavy atom. The number of nitrogens with one attached hydrogen (secondary N) is 2. The normalized spacial score (nSPS) is 23.4. The lowest BCUT2D eigenvalue weighted by Crippen LogP contribution is -2.30. The zero-order valence-electron chi connectivity index (χ0n) is 10.5. The van der Waals surface area contributed by atoms with Crippen LogP contribution in [-0.2, 0) is 10.8 Å². The van der Waals surface area contributed by atoms with E-state index in [1.54, 1.807) is 0 Å². The topological polar surface area (TPSA) is 62.0 Å². The first kappa shape index (κ1) is 12.4. The van der Waals surface area contributed by atoms with Gasteiger partial charge in [-0.2, -0.15) is 0 Å². The highest BCUT2D eigenvalue weighted by molar-refractivity contribution is 7.85. The van der Waals surface area contributed by atoms with Gasteiger partial charge in [0.25, 0.3) is 5.56 Å². The zero-order valence-corrected chi connectivity index (χ0v) is 11.3. The van der Waals surface area contributed by atoms with Crippen molar-refractivity contribution in [2.75, 3.05) is 16.8 Å². The quantitative estimate of drug-likeness (QED) is 0.880. The van der Waals surface area contributed by atoms with E-state index in [1.807, 2.05) is 30.3 Å². The lowest BCUT2D eigenvalue weighted by molar-refractivity contribution is 0.622. The molecule has 4 nitrogen and oxygen atoms in total. The predicted octanol–water partition coefficient (Wildman–Crippen LogP) is 1.85. The third kappa shape index (κ3) is 2.71. The molecule has 1 fully saturated rings. The monoisotopic (exact) mass is 276 g/mol. The van der Waals surface area contributed by atoms with Crippen LogP contribution in [0.4, 0.5) is 5.82 Å². The van der Waals surface area contributed by atoms with Crippen LogP contribution in [0, 0.1) is 0 Å². The summed E-state index contributed by atoms with van der Waals surface area (Å²) in [6.45, 7) is 0. The Kier molecular flexibility index (Phi) is 3.38. The molecule has 1 aromatic carbocycles. The lowest BCUT2D eigenvalue weighted by Gasteiger charge is -2.23. The lowest BCUT2D eigenvalue weighted by atomic mass is 10.1. The Labute approximate surface area is 113 Å². The summed E-state index contributed by atoms with van der Waals surface area (Å²) in [5, 5.41) is 4.99. The summed E-state index contributed by atoms with van der Waals surface area (Å²) in [4.78, 5) is 14.8. The van der Waals surface area contributed by atoms with Crippen molar-refractivity contribution in [2.24, 2.45) is 0 Å². The molecule has 3 rings (SSSR count). The largest absolute Gasteiger partial charge is 0.369 e. The van der Waals surface area contributed by atoms with Gasteiger partial charge in [0.1, 0.15) is 5.82 Å². The number of fused-ring (bicyclic) bond motifs is 1. The molecule has 1 aliphatic heterocycles. The molecule has 0 unspecified atom stereocenters. The standard InChI is InChI=1S/C14H16N2O2S/c17-14-12-4-2-1-3-10(12)9-13(16-14)15-11-5-7-19(18)8-6-11/h1-4,9,11H,5-8H2,(H2,15,16,17). The van der Waals surface area contributed by atoms with Gasteiger partial charge in [-0.05, 0) is 30.4 Å². The van der Waals surface area contributed by atoms with Crippen molar-refractivity contribution in [3.8, 4) is 0 Å². The van der Waals surface area contributed by atoms with Gasteiger partial charge in [0.2, 0.25) is 0 Å². The molecular formula is C14H16N2O2S. The number of aromatic amines is 1. The number of pyridine rings is 1. The van der Waals surface area contributed by atoms with Crippen molar-refractivity contribution >= 4 is 27.4 Å². The first-order chi connectivity index (χ1) is 9.22. The summed E-state index contributed by atoms with van der Waals surface area (Å²) in [6.07, 6.45) is 1.78. The minimum atomic E-state index is -0.657. The SMILES string of the molecule is O=c1[nH]c(NC2CCS(=O)CC2)cc2ccccc12. The first-order valence-electron chi connectivity index (χ1n) is 6.46. The highest BCUT2D eigenvalue weighted by Crippen LogP contribution is 2.17. The molecule has 0 spiro atoms. The second kappa shape index (κ2) is 5.17. The third-order valence-corrected chi connectivity index (χ3v) is 4.88. The smallest absolute Gasteiger partial charge is 0.257 e. The summed E-state index contributed by atoms with van der Waals surface area (Å²) in [7, 11) is -0.657. The van der Waals surface area contributed by atoms with Crippen LogP contribution in [0.25, 0.3) is 10.8 Å². The second-order valence-electron chi connectivity index (χ2n) is 4.87. The molecule has 1 aliphatic rings. The van der Waals surface area contributed by atoms with Crippen LogP contribution in [0.3, 0.4) is 0 Å². The van der Waals surface area contributed by atoms with Crippen molar-refractivity contribution in [1.29, 1.82) is 0 Å². The molecule has 1 aromatic heterocycles. The van der Waals surface area contributed by atoms with E-state index in [0.29, 0.717) is 11.4 Å². The van der Waals surface area contributed by atoms with Gasteiger partial charge in [-0.25, -0.2) is 0 Å². The molecule has 0 aliphatic carbocycles. The van der Waals surface area contributed by atoms with E-state index in [-0.39, 0.29) is 5.56 Å². The first-order valence-corrected chi connectivity index (χ1v) is 7.95. The van der Waals surface area contributed by atoms with Crippen molar-refractivity contribution < 1.29 is 4.21 Å². The maximum atomic E-state index is 11.9. The number of hydrogen-bond donors (Lipinski definition) is 2. The summed E-state index contributed by atoms with van der Waals surface area (Å²) in [5.41, 5.74) is -0.0695. The Bertz CT molecular complexity index is 670. The van der Waals surface area contributed by atoms with Crippen molar-refractivity contribution in [2.45, 2.75) is 18.9 Å². The number of anilines is 1. The fourth-order valence-electron chi connectivity index (χ4n) is 2.45. The van der Waals surface area contributed by atoms with E-state index in [4.69, 9.17) is 0 Å². The molecule has 0 amide bonds. The molecule has 2 N–H and O–H groups in total. The van der Waals surface area contributed by atoms with E-state index in [9.17, 15) is 9.00 Å². The molecule has 0 bridgehead atoms. The number of hydrogen-bond acceptors (Lipinski definition) is 3. The van der Waals surface area contributed by atoms with Crippen LogP contribution in [0.2, 0.25) is 0 Å². The minimum absolute atomic E-state index is 0.0695. The van der Waals surface area contributed by atoms with E-state index in [2.05, 4.69) is 10.3 Å². The average Bonchev–Trinajstić information content (AvgIpc) is 2.42. The Balaban J connectivity index is 1.85. The summed E-state index contributed by atoms with van der Waals surface area (Å²) >= 11 is 0. The summed E-state index contributed by atoms with van der Waals surface area (Å²) in [6, 6.07) is 9.81. The van der Waals surface area contributed by atoms with Gasteiger partial charge in [-0.1, -0.05) is 18.2 Å². The number of H-pyrrole nitrogens is 1. The van der Waals surface area contributed by atoms with Crippen molar-refractivity contribution in [3.63, 3.8) is 0 Å². The Hall–Kier alpha value is -1.62. The van der Waals surface area contributed by atoms with E-state index < -0.39 is 10.8 Å². The van der Waals surface area contributed by atoms with Crippen molar-refractivity contribution in [3.05, 3.63) is 40.7 Å². The van der Waals surface area contributed by atoms with Crippen LogP contribution in [0.15, 0.2) is 35.1 Å². The number of rotatable bonds is 2. The minimum Gasteiger partial charge on any atom is -0.369 e. The molecule has 19 heavy (non-hydrogen) atoms. The molecule has 5 heteroatoms. The van der Waals surface area contributed by atoms with E-state index >= 15 is 0 Å². The Morgan fingerprint density at radius 3 is 2.74 bits per heavy atom. The van der Waals surface area contributed by atoms with Crippen LogP contribution < -0.4 is 10.9 Å². The highest BCUT2D eigenvalue weighted by Gasteiger charge is 2.17. The van der Waals surface area contributed by atoms with Crippen LogP contribution in [-0.4, -0.2) is 26.7 Å². The second-order valence-corrected chi connectivity index (χ2v) is 6.56. The van der Waals surface area contributed by atoms with Gasteiger partial charge in [0.15, 0.2) is 0 Å². The number of benzene rings is 1. The third-order valence-electron chi connectivity index (χ3n) is 3.50. The Morgan fingerprint density at radius 2 is 1.95 bits per heavy atom. The van der Waals surface area contributed by atoms with Gasteiger partial charge in [0, 0.05) is 33.7 Å². The van der Waals surface area contributed by atoms with Gasteiger partial charge in [0.05, 0.1) is 0 Å². The fourth-order valence-corrected chi connectivity index (χ4v) is 3.75. The van der Waals surface area contributed by atoms with Crippen LogP contribution >= 0.6 is 0 Å². The van der Waals surface area contributed by atoms with Crippen LogP contribution in [0.5, 0.6) is 0 Å². The van der Waals surface area contributed by atoms with E-state index in [0.717, 1.165) is 35.6 Å². The van der Waals surface area contributed by atoms with Crippen LogP contribution in [0.1, 0.15) is 12.8 Å². The van der Waals surface area contributed by atoms with Gasteiger partial charge >= 0.3 is 0 Å². The molecule has 2 heterocycles. The highest BCUT2D eigenvalue weighted by atomic mass is 32.2. The molecule has 0 atom stereocenters. The van der Waals surface area contributed by atoms with Gasteiger partial charge in [-0.15, -0.1) is 0 Å². The summed E-state index contributed by atoms with van der Waals surface area (Å²) < 4.78 is 11.3. The van der Waals surface area contributed by atoms with E-state index in [1.165, 1.54) is 0 Å². The molecular weight excluding hydrogens is 260 g/mol. The van der Waals surface area contributed by atoms with Gasteiger partial charge in [-0.3, -0.25) is 9.00 Å². The molecule has 0 saturated carbocycles. The zero-order chi connectivity index (χ0) is 13.2. The fraction of sp³-hybridized carbons (Fsp3) is 0.357. The van der Waals surface area contributed by atoms with Crippen molar-refractivity contribution in [1.82, 2.24) is 4.98 Å². The molecule has 1 saturated heterocycles. The van der Waals surface area contributed by atoms with Gasteiger partial charge < -0.3 is 10.3 Å². The summed E-state index contributed by atoms with van der Waals surface area (Å²) in [5.74, 6) is 2.24. The maximum Gasteiger partial charge on any atom is 0.257 e. The predicted molar refractivity (Wildman–Crippen MR) is 79.1 cm³/mol. The molecule has 2 aromatic rings. The molecule has 0 radical (unpaired) electrons. The average molecular weight is 276 g/mol. The number of aromatic nitrogens is 1. The maximum absolute atomic E-state index is 11.9. The molecule has 100 valence electrons.